The summed E-state index contributed by atoms with van der Waals surface area (Å²) in [6, 6.07) is 4.24. The number of benzene rings is 1. The molecule has 0 aliphatic carbocycles. The average molecular weight is 303 g/mol. The van der Waals surface area contributed by atoms with Crippen molar-refractivity contribution in [2.75, 3.05) is 7.11 Å². The first kappa shape index (κ1) is 13.8. The summed E-state index contributed by atoms with van der Waals surface area (Å²) in [6.07, 6.45) is 0. The molecule has 0 spiro atoms. The maximum absolute atomic E-state index is 13.8. The number of halogens is 3. The number of esters is 1. The van der Waals surface area contributed by atoms with E-state index in [2.05, 4.69) is 9.84 Å². The molecule has 0 bridgehead atoms. The van der Waals surface area contributed by atoms with Crippen LogP contribution < -0.4 is 0 Å². The van der Waals surface area contributed by atoms with Gasteiger partial charge in [-0.15, -0.1) is 0 Å². The highest BCUT2D eigenvalue weighted by Gasteiger charge is 2.23. The molecule has 1 heterocycles. The highest BCUT2D eigenvalue weighted by atomic mass is 35.5. The first-order chi connectivity index (χ1) is 8.97. The van der Waals surface area contributed by atoms with Crippen molar-refractivity contribution in [1.82, 2.24) is 9.78 Å². The topological polar surface area (TPSA) is 44.1 Å². The van der Waals surface area contributed by atoms with E-state index in [0.29, 0.717) is 5.69 Å². The van der Waals surface area contributed by atoms with Crippen molar-refractivity contribution >= 4 is 29.2 Å². The van der Waals surface area contributed by atoms with E-state index in [-0.39, 0.29) is 21.4 Å². The van der Waals surface area contributed by atoms with Crippen LogP contribution in [-0.2, 0) is 4.74 Å². The van der Waals surface area contributed by atoms with Gasteiger partial charge in [-0.25, -0.2) is 13.9 Å². The molecule has 7 heteroatoms. The van der Waals surface area contributed by atoms with Crippen LogP contribution in [0.5, 0.6) is 0 Å². The zero-order valence-corrected chi connectivity index (χ0v) is 11.6. The van der Waals surface area contributed by atoms with Crippen LogP contribution >= 0.6 is 23.2 Å². The zero-order chi connectivity index (χ0) is 14.2. The number of para-hydroxylation sites is 1. The Morgan fingerprint density at radius 1 is 1.42 bits per heavy atom. The van der Waals surface area contributed by atoms with Crippen LogP contribution in [0.3, 0.4) is 0 Å². The predicted molar refractivity (Wildman–Crippen MR) is 69.6 cm³/mol. The van der Waals surface area contributed by atoms with Crippen LogP contribution in [0.15, 0.2) is 18.2 Å². The molecule has 19 heavy (non-hydrogen) atoms. The molecule has 0 saturated carbocycles. The van der Waals surface area contributed by atoms with Crippen molar-refractivity contribution in [1.29, 1.82) is 0 Å². The maximum atomic E-state index is 13.8. The molecule has 0 saturated heterocycles. The lowest BCUT2D eigenvalue weighted by Crippen LogP contribution is -2.06. The van der Waals surface area contributed by atoms with Gasteiger partial charge in [-0.2, -0.15) is 5.10 Å². The van der Waals surface area contributed by atoms with Crippen LogP contribution in [0.1, 0.15) is 16.2 Å². The Kier molecular flexibility index (Phi) is 3.78. The van der Waals surface area contributed by atoms with Crippen LogP contribution in [-0.4, -0.2) is 22.9 Å². The van der Waals surface area contributed by atoms with E-state index in [1.54, 1.807) is 6.92 Å². The zero-order valence-electron chi connectivity index (χ0n) is 10.1. The third kappa shape index (κ3) is 2.31. The summed E-state index contributed by atoms with van der Waals surface area (Å²) in [5, 5.41) is 4.23. The number of methoxy groups -OCH3 is 1. The molecule has 0 atom stereocenters. The summed E-state index contributed by atoms with van der Waals surface area (Å²) in [7, 11) is 1.21. The van der Waals surface area contributed by atoms with Crippen LogP contribution in [0, 0.1) is 12.7 Å². The monoisotopic (exact) mass is 302 g/mol. The van der Waals surface area contributed by atoms with Crippen molar-refractivity contribution in [3.05, 3.63) is 45.4 Å². The number of rotatable bonds is 2. The van der Waals surface area contributed by atoms with E-state index >= 15 is 0 Å². The lowest BCUT2D eigenvalue weighted by Gasteiger charge is -2.07. The van der Waals surface area contributed by atoms with Crippen molar-refractivity contribution in [3.8, 4) is 5.69 Å². The molecule has 100 valence electrons. The Morgan fingerprint density at radius 2 is 2.11 bits per heavy atom. The minimum absolute atomic E-state index is 0.0405. The van der Waals surface area contributed by atoms with E-state index < -0.39 is 11.8 Å². The molecule has 0 radical (unpaired) electrons. The Morgan fingerprint density at radius 3 is 2.68 bits per heavy atom. The van der Waals surface area contributed by atoms with Gasteiger partial charge in [0.05, 0.1) is 22.8 Å². The number of hydrogen-bond donors (Lipinski definition) is 0. The number of nitrogens with zero attached hydrogens (tertiary/aromatic N) is 2. The quantitative estimate of drug-likeness (QED) is 0.799. The van der Waals surface area contributed by atoms with E-state index in [9.17, 15) is 9.18 Å². The Labute approximate surface area is 118 Å². The highest BCUT2D eigenvalue weighted by molar-refractivity contribution is 6.34. The molecule has 0 aliphatic rings. The minimum Gasteiger partial charge on any atom is -0.464 e. The second-order valence-corrected chi connectivity index (χ2v) is 4.51. The van der Waals surface area contributed by atoms with Gasteiger partial charge in [-0.05, 0) is 19.1 Å². The first-order valence-electron chi connectivity index (χ1n) is 5.25. The van der Waals surface area contributed by atoms with Crippen molar-refractivity contribution < 1.29 is 13.9 Å². The molecule has 0 fully saturated rings. The lowest BCUT2D eigenvalue weighted by molar-refractivity contribution is 0.0593. The van der Waals surface area contributed by atoms with Gasteiger partial charge in [0.1, 0.15) is 11.5 Å². The smallest absolute Gasteiger partial charge is 0.360 e. The van der Waals surface area contributed by atoms with Crippen molar-refractivity contribution in [2.45, 2.75) is 6.92 Å². The van der Waals surface area contributed by atoms with Gasteiger partial charge in [0.15, 0.2) is 5.69 Å². The summed E-state index contributed by atoms with van der Waals surface area (Å²) < 4.78 is 19.6. The summed E-state index contributed by atoms with van der Waals surface area (Å²) >= 11 is 11.9. The first-order valence-corrected chi connectivity index (χ1v) is 6.00. The van der Waals surface area contributed by atoms with Crippen molar-refractivity contribution in [3.63, 3.8) is 0 Å². The number of hydrogen-bond acceptors (Lipinski definition) is 3. The van der Waals surface area contributed by atoms with Crippen molar-refractivity contribution in [2.24, 2.45) is 0 Å². The van der Waals surface area contributed by atoms with E-state index in [4.69, 9.17) is 23.2 Å². The number of carbonyl (C=O) groups is 1. The van der Waals surface area contributed by atoms with E-state index in [0.717, 1.165) is 0 Å². The standard InChI is InChI=1S/C12H9Cl2FN2O2/c1-6-9(14)10(12(18)19-2)16-17(6)11-7(13)4-3-5-8(11)15/h3-5H,1-2H3. The van der Waals surface area contributed by atoms with Crippen LogP contribution in [0.4, 0.5) is 4.39 Å². The molecule has 1 aromatic heterocycles. The molecule has 0 N–H and O–H groups in total. The molecule has 1 aromatic carbocycles. The number of aromatic nitrogens is 2. The molecule has 2 rings (SSSR count). The summed E-state index contributed by atoms with van der Waals surface area (Å²) in [4.78, 5) is 11.5. The van der Waals surface area contributed by atoms with Crippen LogP contribution in [0.25, 0.3) is 5.69 Å². The number of carbonyl (C=O) groups excluding carboxylic acids is 1. The van der Waals surface area contributed by atoms with Gasteiger partial charge in [-0.1, -0.05) is 29.3 Å². The lowest BCUT2D eigenvalue weighted by atomic mass is 10.3. The maximum Gasteiger partial charge on any atom is 0.360 e. The summed E-state index contributed by atoms with van der Waals surface area (Å²) in [6.45, 7) is 1.60. The average Bonchev–Trinajstić information content (AvgIpc) is 2.66. The summed E-state index contributed by atoms with van der Waals surface area (Å²) in [5.74, 6) is -1.26. The Balaban J connectivity index is 2.68. The molecule has 4 nitrogen and oxygen atoms in total. The van der Waals surface area contributed by atoms with Gasteiger partial charge in [0.25, 0.3) is 0 Å². The summed E-state index contributed by atoms with van der Waals surface area (Å²) in [5.41, 5.74) is 0.355. The fourth-order valence-electron chi connectivity index (χ4n) is 1.62. The third-order valence-corrected chi connectivity index (χ3v) is 3.33. The molecule has 0 unspecified atom stereocenters. The van der Waals surface area contributed by atoms with Gasteiger partial charge in [0.2, 0.25) is 0 Å². The van der Waals surface area contributed by atoms with Gasteiger partial charge >= 0.3 is 5.97 Å². The van der Waals surface area contributed by atoms with Gasteiger partial charge in [0, 0.05) is 0 Å². The van der Waals surface area contributed by atoms with Gasteiger partial charge < -0.3 is 4.74 Å². The molecule has 0 amide bonds. The highest BCUT2D eigenvalue weighted by Crippen LogP contribution is 2.29. The second kappa shape index (κ2) is 5.19. The molecular formula is C12H9Cl2FN2O2. The van der Waals surface area contributed by atoms with Gasteiger partial charge in [-0.3, -0.25) is 0 Å². The second-order valence-electron chi connectivity index (χ2n) is 3.72. The fraction of sp³-hybridized carbons (Fsp3) is 0.167. The SMILES string of the molecule is COC(=O)c1nn(-c2c(F)cccc2Cl)c(C)c1Cl. The number of ether oxygens (including phenoxy) is 1. The normalized spacial score (nSPS) is 10.6. The van der Waals surface area contributed by atoms with E-state index in [1.807, 2.05) is 0 Å². The predicted octanol–water partition coefficient (Wildman–Crippen LogP) is 3.41. The molecular weight excluding hydrogens is 294 g/mol. The van der Waals surface area contributed by atoms with E-state index in [1.165, 1.54) is 30.0 Å². The fourth-order valence-corrected chi connectivity index (χ4v) is 2.06. The molecule has 2 aromatic rings. The largest absolute Gasteiger partial charge is 0.464 e. The third-order valence-electron chi connectivity index (χ3n) is 2.57. The minimum atomic E-state index is -0.695. The Bertz CT molecular complexity index is 635. The van der Waals surface area contributed by atoms with Crippen LogP contribution in [0.2, 0.25) is 10.0 Å². The Hall–Kier alpha value is -1.59. The molecule has 0 aliphatic heterocycles.